The highest BCUT2D eigenvalue weighted by Gasteiger charge is 2.38. The summed E-state index contributed by atoms with van der Waals surface area (Å²) in [5.41, 5.74) is 15.8. The number of nitrogens with two attached hydrogens (primary N) is 1. The fraction of sp³-hybridized carbons (Fsp3) is 0.316. The molecule has 6 aromatic rings. The molecule has 0 unspecified atom stereocenters. The van der Waals surface area contributed by atoms with E-state index in [-0.39, 0.29) is 17.6 Å². The van der Waals surface area contributed by atoms with E-state index < -0.39 is 5.91 Å². The quantitative estimate of drug-likeness (QED) is 0.162. The molecule has 0 spiro atoms. The summed E-state index contributed by atoms with van der Waals surface area (Å²) < 4.78 is 12.1. The van der Waals surface area contributed by atoms with Gasteiger partial charge in [0.25, 0.3) is 11.8 Å². The predicted octanol–water partition coefficient (Wildman–Crippen LogP) is 7.80. The Bertz CT molecular complexity index is 2360. The first-order chi connectivity index (χ1) is 23.8. The molecule has 0 saturated carbocycles. The zero-order valence-corrected chi connectivity index (χ0v) is 30.7. The molecule has 4 aromatic heterocycles. The Morgan fingerprint density at radius 2 is 1.76 bits per heavy atom. The van der Waals surface area contributed by atoms with Crippen molar-refractivity contribution < 1.29 is 14.3 Å². The lowest BCUT2D eigenvalue weighted by Crippen LogP contribution is -2.42. The van der Waals surface area contributed by atoms with E-state index in [1.165, 1.54) is 0 Å². The van der Waals surface area contributed by atoms with Gasteiger partial charge in [-0.25, -0.2) is 4.98 Å². The average Bonchev–Trinajstić information content (AvgIpc) is 3.67. The summed E-state index contributed by atoms with van der Waals surface area (Å²) in [6.07, 6.45) is 3.14. The van der Waals surface area contributed by atoms with Crippen molar-refractivity contribution in [2.24, 2.45) is 19.8 Å². The number of carbonyl (C=O) groups excluding carboxylic acids is 2. The molecule has 1 aliphatic rings. The smallest absolute Gasteiger partial charge is 0.275 e. The maximum Gasteiger partial charge on any atom is 0.275 e. The number of rotatable bonds is 8. The Labute approximate surface area is 300 Å². The number of aromatic nitrogens is 5. The number of aryl methyl sites for hydroxylation is 6. The van der Waals surface area contributed by atoms with Gasteiger partial charge in [0.05, 0.1) is 34.0 Å². The van der Waals surface area contributed by atoms with Crippen LogP contribution < -0.4 is 15.4 Å². The van der Waals surface area contributed by atoms with E-state index in [9.17, 15) is 9.59 Å². The number of ether oxygens (including phenoxy) is 1. The summed E-state index contributed by atoms with van der Waals surface area (Å²) in [7, 11) is 3.82. The number of primary amides is 1. The lowest BCUT2D eigenvalue weighted by atomic mass is 9.98. The number of amides is 2. The van der Waals surface area contributed by atoms with Crippen LogP contribution in [0.2, 0.25) is 10.0 Å². The summed E-state index contributed by atoms with van der Waals surface area (Å²) in [6, 6.07) is 11.1. The molecule has 0 bridgehead atoms. The van der Waals surface area contributed by atoms with Gasteiger partial charge in [-0.05, 0) is 94.5 Å². The van der Waals surface area contributed by atoms with E-state index in [4.69, 9.17) is 38.8 Å². The first-order valence-electron chi connectivity index (χ1n) is 16.6. The van der Waals surface area contributed by atoms with Gasteiger partial charge in [0.2, 0.25) is 0 Å². The highest BCUT2D eigenvalue weighted by Crippen LogP contribution is 2.45. The zero-order chi connectivity index (χ0) is 35.8. The molecule has 258 valence electrons. The third-order valence-electron chi connectivity index (χ3n) is 9.92. The van der Waals surface area contributed by atoms with E-state index in [0.717, 1.165) is 66.4 Å². The molecule has 1 aliphatic heterocycles. The Morgan fingerprint density at radius 3 is 2.42 bits per heavy atom. The van der Waals surface area contributed by atoms with Crippen molar-refractivity contribution in [2.75, 3.05) is 18.1 Å². The van der Waals surface area contributed by atoms with Crippen LogP contribution in [0.5, 0.6) is 5.75 Å². The van der Waals surface area contributed by atoms with Crippen LogP contribution in [-0.2, 0) is 20.5 Å². The average molecular weight is 713 g/mol. The third kappa shape index (κ3) is 5.32. The Kier molecular flexibility index (Phi) is 8.43. The number of halogens is 2. The third-order valence-corrected chi connectivity index (χ3v) is 10.8. The Morgan fingerprint density at radius 1 is 1.04 bits per heavy atom. The lowest BCUT2D eigenvalue weighted by Gasteiger charge is -2.34. The highest BCUT2D eigenvalue weighted by atomic mass is 35.5. The van der Waals surface area contributed by atoms with E-state index in [1.54, 1.807) is 11.0 Å². The lowest BCUT2D eigenvalue weighted by molar-refractivity contribution is 0.0956. The topological polar surface area (TPSA) is 113 Å². The Hall–Kier alpha value is -4.80. The van der Waals surface area contributed by atoms with Gasteiger partial charge in [-0.2, -0.15) is 5.10 Å². The molecule has 2 amide bonds. The second-order valence-electron chi connectivity index (χ2n) is 13.3. The number of benzene rings is 2. The summed E-state index contributed by atoms with van der Waals surface area (Å²) in [5, 5.41) is 7.01. The van der Waals surface area contributed by atoms with Crippen molar-refractivity contribution in [3.05, 3.63) is 92.1 Å². The van der Waals surface area contributed by atoms with E-state index in [0.29, 0.717) is 47.9 Å². The minimum atomic E-state index is -0.626. The van der Waals surface area contributed by atoms with Crippen molar-refractivity contribution in [2.45, 2.75) is 53.5 Å². The molecule has 0 fully saturated rings. The van der Waals surface area contributed by atoms with Gasteiger partial charge in [0.1, 0.15) is 22.7 Å². The summed E-state index contributed by atoms with van der Waals surface area (Å²) in [4.78, 5) is 33.4. The highest BCUT2D eigenvalue weighted by molar-refractivity contribution is 6.35. The van der Waals surface area contributed by atoms with Gasteiger partial charge in [-0.3, -0.25) is 14.3 Å². The molecular weight excluding hydrogens is 673 g/mol. The Balaban J connectivity index is 1.38. The van der Waals surface area contributed by atoms with Crippen molar-refractivity contribution in [3.63, 3.8) is 0 Å². The van der Waals surface area contributed by atoms with Crippen LogP contribution in [0.3, 0.4) is 0 Å². The van der Waals surface area contributed by atoms with Crippen LogP contribution in [0.1, 0.15) is 68.4 Å². The van der Waals surface area contributed by atoms with Crippen LogP contribution in [0.25, 0.3) is 33.1 Å². The van der Waals surface area contributed by atoms with Crippen LogP contribution in [0, 0.1) is 27.7 Å². The molecule has 0 radical (unpaired) electrons. The molecule has 10 nitrogen and oxygen atoms in total. The second kappa shape index (κ2) is 12.5. The van der Waals surface area contributed by atoms with Crippen molar-refractivity contribution in [1.82, 2.24) is 23.9 Å². The van der Waals surface area contributed by atoms with Crippen LogP contribution in [0.4, 0.5) is 5.69 Å². The number of fused-ring (bicyclic) bond motifs is 4. The number of pyridine rings is 1. The maximum absolute atomic E-state index is 14.9. The predicted molar refractivity (Wildman–Crippen MR) is 199 cm³/mol. The molecule has 7 rings (SSSR count). The summed E-state index contributed by atoms with van der Waals surface area (Å²) in [5.74, 6) is -0.0157. The molecule has 0 aliphatic carbocycles. The molecule has 1 atom stereocenters. The number of nitrogens with zero attached hydrogens (tertiary/aromatic N) is 6. The minimum Gasteiger partial charge on any atom is -0.494 e. The number of anilines is 1. The van der Waals surface area contributed by atoms with Gasteiger partial charge < -0.3 is 24.5 Å². The first kappa shape index (κ1) is 33.7. The largest absolute Gasteiger partial charge is 0.494 e. The van der Waals surface area contributed by atoms with Gasteiger partial charge in [-0.1, -0.05) is 29.3 Å². The number of carbonyl (C=O) groups is 2. The van der Waals surface area contributed by atoms with Crippen LogP contribution in [0.15, 0.2) is 42.6 Å². The summed E-state index contributed by atoms with van der Waals surface area (Å²) in [6.45, 7) is 10.9. The van der Waals surface area contributed by atoms with E-state index >= 15 is 0 Å². The van der Waals surface area contributed by atoms with Gasteiger partial charge in [0, 0.05) is 60.1 Å². The number of hydrogen-bond donors (Lipinski definition) is 1. The van der Waals surface area contributed by atoms with E-state index in [1.807, 2.05) is 87.6 Å². The molecule has 2 aromatic carbocycles. The fourth-order valence-electron chi connectivity index (χ4n) is 7.51. The summed E-state index contributed by atoms with van der Waals surface area (Å²) >= 11 is 13.5. The first-order valence-corrected chi connectivity index (χ1v) is 17.4. The molecule has 5 heterocycles. The van der Waals surface area contributed by atoms with Crippen molar-refractivity contribution in [1.29, 1.82) is 0 Å². The van der Waals surface area contributed by atoms with Gasteiger partial charge in [-0.15, -0.1) is 0 Å². The minimum absolute atomic E-state index is 0.140. The monoisotopic (exact) mass is 711 g/mol. The molecule has 2 N–H and O–H groups in total. The number of hydrogen-bond acceptors (Lipinski definition) is 5. The zero-order valence-electron chi connectivity index (χ0n) is 29.2. The molecule has 0 saturated heterocycles. The molecule has 12 heteroatoms. The fourth-order valence-corrected chi connectivity index (χ4v) is 7.87. The second-order valence-corrected chi connectivity index (χ2v) is 14.1. The van der Waals surface area contributed by atoms with Crippen LogP contribution >= 0.6 is 23.2 Å². The van der Waals surface area contributed by atoms with Gasteiger partial charge >= 0.3 is 0 Å². The molecule has 50 heavy (non-hydrogen) atoms. The van der Waals surface area contributed by atoms with Crippen molar-refractivity contribution >= 4 is 62.6 Å². The van der Waals surface area contributed by atoms with Gasteiger partial charge in [0.15, 0.2) is 0 Å². The SMILES string of the molecule is Cc1cc(OCCCc2c3n(c4c(-c5c(C)nn(C)c5C)c(Cl)ccc24)[C@H](C)CN(c2cn(C)c4ccc(C(N)=O)nc24)C3=O)cc(C)c1Cl. The normalized spacial score (nSPS) is 14.6. The molecular formula is C38H39Cl2N7O3. The van der Waals surface area contributed by atoms with Crippen molar-refractivity contribution in [3.8, 4) is 16.9 Å². The standard InChI is InChI=1S/C38H39Cl2N7O3/c1-19-15-24(16-20(2)33(19)40)50-14-8-9-25-26-10-11-27(39)32(31-22(4)43-45(7)23(31)5)35(26)47-21(3)17-46(38(49)36(25)47)30-18-44(6)29-13-12-28(37(41)48)42-34(29)30/h10-13,15-16,18,21H,8-9,14,17H2,1-7H3,(H2,41,48)/t21-/m1/s1. The van der Waals surface area contributed by atoms with Crippen LogP contribution in [-0.4, -0.2) is 48.9 Å². The maximum atomic E-state index is 14.9. The van der Waals surface area contributed by atoms with E-state index in [2.05, 4.69) is 16.5 Å².